The number of benzene rings is 1. The molecule has 19 heavy (non-hydrogen) atoms. The molecule has 0 fully saturated rings. The second-order valence-electron chi connectivity index (χ2n) is 4.89. The number of aryl methyl sites for hydroxylation is 1. The quantitative estimate of drug-likeness (QED) is 0.737. The van der Waals surface area contributed by atoms with Gasteiger partial charge in [0, 0.05) is 30.2 Å². The molecule has 1 heterocycles. The molecule has 2 rings (SSSR count). The Hall–Kier alpha value is -0.930. The van der Waals surface area contributed by atoms with Crippen molar-refractivity contribution in [1.82, 2.24) is 9.88 Å². The van der Waals surface area contributed by atoms with Crippen LogP contribution in [0.25, 0.3) is 10.9 Å². The van der Waals surface area contributed by atoms with E-state index in [1.807, 2.05) is 11.8 Å². The van der Waals surface area contributed by atoms with Crippen LogP contribution < -0.4 is 5.32 Å². The van der Waals surface area contributed by atoms with Gasteiger partial charge < -0.3 is 9.88 Å². The van der Waals surface area contributed by atoms with E-state index in [0.29, 0.717) is 0 Å². The average Bonchev–Trinajstić information content (AvgIpc) is 2.79. The Balaban J connectivity index is 2.16. The molecule has 0 saturated carbocycles. The van der Waals surface area contributed by atoms with E-state index in [4.69, 9.17) is 0 Å². The molecule has 1 aromatic carbocycles. The molecule has 0 aliphatic carbocycles. The molecule has 0 radical (unpaired) electrons. The van der Waals surface area contributed by atoms with Crippen LogP contribution in [-0.4, -0.2) is 23.1 Å². The first-order valence-electron chi connectivity index (χ1n) is 7.13. The highest BCUT2D eigenvalue weighted by atomic mass is 32.2. The van der Waals surface area contributed by atoms with Gasteiger partial charge in [0.2, 0.25) is 0 Å². The van der Waals surface area contributed by atoms with Crippen molar-refractivity contribution in [2.24, 2.45) is 0 Å². The second-order valence-corrected chi connectivity index (χ2v) is 5.87. The minimum absolute atomic E-state index is 0.976. The average molecular weight is 276 g/mol. The Kier molecular flexibility index (Phi) is 5.80. The van der Waals surface area contributed by atoms with Crippen LogP contribution in [0.15, 0.2) is 30.5 Å². The van der Waals surface area contributed by atoms with E-state index in [-0.39, 0.29) is 0 Å². The third kappa shape index (κ3) is 3.77. The zero-order valence-electron chi connectivity index (χ0n) is 12.0. The summed E-state index contributed by atoms with van der Waals surface area (Å²) in [6, 6.07) is 8.75. The summed E-state index contributed by atoms with van der Waals surface area (Å²) >= 11 is 1.92. The van der Waals surface area contributed by atoms with Crippen LogP contribution in [0, 0.1) is 0 Å². The maximum Gasteiger partial charge on any atom is 0.0483 e. The molecule has 104 valence electrons. The predicted molar refractivity (Wildman–Crippen MR) is 86.9 cm³/mol. The van der Waals surface area contributed by atoms with Crippen molar-refractivity contribution >= 4 is 22.7 Å². The Bertz CT molecular complexity index is 460. The first kappa shape index (κ1) is 14.5. The molecule has 0 spiro atoms. The number of rotatable bonds is 8. The molecule has 2 aromatic rings. The van der Waals surface area contributed by atoms with Gasteiger partial charge in [-0.15, -0.1) is 0 Å². The number of hydrogen-bond donors (Lipinski definition) is 1. The minimum atomic E-state index is 0.976. The van der Waals surface area contributed by atoms with Gasteiger partial charge in [0.05, 0.1) is 0 Å². The lowest BCUT2D eigenvalue weighted by atomic mass is 10.2. The second kappa shape index (κ2) is 7.61. The van der Waals surface area contributed by atoms with Crippen LogP contribution in [0.5, 0.6) is 0 Å². The number of hydrogen-bond acceptors (Lipinski definition) is 2. The molecule has 0 amide bonds. The molecule has 0 aliphatic heterocycles. The molecular weight excluding hydrogens is 252 g/mol. The van der Waals surface area contributed by atoms with E-state index in [1.165, 1.54) is 35.1 Å². The Morgan fingerprint density at radius 1 is 1.26 bits per heavy atom. The van der Waals surface area contributed by atoms with Gasteiger partial charge >= 0.3 is 0 Å². The molecule has 0 unspecified atom stereocenters. The summed E-state index contributed by atoms with van der Waals surface area (Å²) in [5, 5.41) is 4.91. The number of nitrogens with zero attached hydrogens (tertiary/aromatic N) is 1. The molecule has 1 aromatic heterocycles. The maximum atomic E-state index is 3.51. The van der Waals surface area contributed by atoms with Gasteiger partial charge in [0.15, 0.2) is 0 Å². The first-order valence-corrected chi connectivity index (χ1v) is 8.52. The standard InChI is InChI=1S/C16H24N2S/c1-3-9-17-12-14-13-18(10-6-11-19-2)16-8-5-4-7-15(14)16/h4-5,7-8,13,17H,3,6,9-12H2,1-2H3. The Morgan fingerprint density at radius 3 is 2.89 bits per heavy atom. The van der Waals surface area contributed by atoms with Gasteiger partial charge in [-0.05, 0) is 43.0 Å². The number of para-hydroxylation sites is 1. The number of thioether (sulfide) groups is 1. The van der Waals surface area contributed by atoms with Crippen LogP contribution in [0.1, 0.15) is 25.3 Å². The fraction of sp³-hybridized carbons (Fsp3) is 0.500. The van der Waals surface area contributed by atoms with Crippen molar-refractivity contribution in [2.75, 3.05) is 18.6 Å². The fourth-order valence-corrected chi connectivity index (χ4v) is 2.85. The van der Waals surface area contributed by atoms with Crippen molar-refractivity contribution in [3.63, 3.8) is 0 Å². The van der Waals surface area contributed by atoms with Crippen molar-refractivity contribution in [1.29, 1.82) is 0 Å². The molecule has 0 atom stereocenters. The molecule has 2 nitrogen and oxygen atoms in total. The van der Waals surface area contributed by atoms with Gasteiger partial charge in [-0.25, -0.2) is 0 Å². The molecule has 3 heteroatoms. The SMILES string of the molecule is CCCNCc1cn(CCCSC)c2ccccc12. The predicted octanol–water partition coefficient (Wildman–Crippen LogP) is 3.89. The first-order chi connectivity index (χ1) is 9.36. The Morgan fingerprint density at radius 2 is 2.11 bits per heavy atom. The minimum Gasteiger partial charge on any atom is -0.347 e. The van der Waals surface area contributed by atoms with Gasteiger partial charge in [-0.2, -0.15) is 11.8 Å². The highest BCUT2D eigenvalue weighted by Crippen LogP contribution is 2.21. The lowest BCUT2D eigenvalue weighted by Gasteiger charge is -2.03. The number of fused-ring (bicyclic) bond motifs is 1. The van der Waals surface area contributed by atoms with Crippen molar-refractivity contribution < 1.29 is 0 Å². The van der Waals surface area contributed by atoms with Gasteiger partial charge in [0.1, 0.15) is 0 Å². The van der Waals surface area contributed by atoms with E-state index < -0.39 is 0 Å². The fourth-order valence-electron chi connectivity index (χ4n) is 2.43. The summed E-state index contributed by atoms with van der Waals surface area (Å²) in [6.45, 7) is 5.39. The lowest BCUT2D eigenvalue weighted by molar-refractivity contribution is 0.668. The van der Waals surface area contributed by atoms with E-state index in [9.17, 15) is 0 Å². The third-order valence-corrected chi connectivity index (χ3v) is 4.06. The number of aromatic nitrogens is 1. The van der Waals surface area contributed by atoms with Crippen LogP contribution >= 0.6 is 11.8 Å². The monoisotopic (exact) mass is 276 g/mol. The molecule has 1 N–H and O–H groups in total. The van der Waals surface area contributed by atoms with Gasteiger partial charge in [-0.3, -0.25) is 0 Å². The number of nitrogens with one attached hydrogen (secondary N) is 1. The normalized spacial score (nSPS) is 11.3. The van der Waals surface area contributed by atoms with Crippen LogP contribution in [0.2, 0.25) is 0 Å². The molecular formula is C16H24N2S. The topological polar surface area (TPSA) is 17.0 Å². The summed E-state index contributed by atoms with van der Waals surface area (Å²) in [7, 11) is 0. The summed E-state index contributed by atoms with van der Waals surface area (Å²) in [5.74, 6) is 1.23. The van der Waals surface area contributed by atoms with E-state index in [2.05, 4.69) is 53.5 Å². The zero-order chi connectivity index (χ0) is 13.5. The Labute approximate surface area is 120 Å². The summed E-state index contributed by atoms with van der Waals surface area (Å²) in [5.41, 5.74) is 2.80. The molecule has 0 saturated heterocycles. The van der Waals surface area contributed by atoms with Crippen molar-refractivity contribution in [2.45, 2.75) is 32.9 Å². The summed E-state index contributed by atoms with van der Waals surface area (Å²) in [4.78, 5) is 0. The highest BCUT2D eigenvalue weighted by Gasteiger charge is 2.07. The largest absolute Gasteiger partial charge is 0.347 e. The van der Waals surface area contributed by atoms with Crippen molar-refractivity contribution in [3.05, 3.63) is 36.0 Å². The maximum absolute atomic E-state index is 3.51. The smallest absolute Gasteiger partial charge is 0.0483 e. The van der Waals surface area contributed by atoms with Gasteiger partial charge in [0.25, 0.3) is 0 Å². The van der Waals surface area contributed by atoms with Crippen LogP contribution in [-0.2, 0) is 13.1 Å². The zero-order valence-corrected chi connectivity index (χ0v) is 12.8. The third-order valence-electron chi connectivity index (χ3n) is 3.36. The van der Waals surface area contributed by atoms with E-state index >= 15 is 0 Å². The van der Waals surface area contributed by atoms with Gasteiger partial charge in [-0.1, -0.05) is 25.1 Å². The van der Waals surface area contributed by atoms with E-state index in [0.717, 1.165) is 19.6 Å². The van der Waals surface area contributed by atoms with Crippen molar-refractivity contribution in [3.8, 4) is 0 Å². The summed E-state index contributed by atoms with van der Waals surface area (Å²) in [6.07, 6.45) is 6.93. The molecule has 0 bridgehead atoms. The molecule has 0 aliphatic rings. The van der Waals surface area contributed by atoms with Crippen LogP contribution in [0.4, 0.5) is 0 Å². The lowest BCUT2D eigenvalue weighted by Crippen LogP contribution is -2.13. The summed E-state index contributed by atoms with van der Waals surface area (Å²) < 4.78 is 2.41. The van der Waals surface area contributed by atoms with E-state index in [1.54, 1.807) is 0 Å². The highest BCUT2D eigenvalue weighted by molar-refractivity contribution is 7.98. The van der Waals surface area contributed by atoms with Crippen LogP contribution in [0.3, 0.4) is 0 Å².